The van der Waals surface area contributed by atoms with Crippen LogP contribution < -0.4 is 11.1 Å². The number of nitrogens with two attached hydrogens (primary N) is 1. The van der Waals surface area contributed by atoms with Gasteiger partial charge in [0.1, 0.15) is 5.69 Å². The third-order valence-electron chi connectivity index (χ3n) is 3.22. The van der Waals surface area contributed by atoms with Crippen molar-refractivity contribution in [2.24, 2.45) is 5.92 Å². The Labute approximate surface area is 123 Å². The molecule has 0 atom stereocenters. The number of pyridine rings is 1. The van der Waals surface area contributed by atoms with Crippen molar-refractivity contribution in [3.8, 4) is 11.8 Å². The van der Waals surface area contributed by atoms with Gasteiger partial charge >= 0.3 is 0 Å². The summed E-state index contributed by atoms with van der Waals surface area (Å²) in [6.45, 7) is 0. The van der Waals surface area contributed by atoms with E-state index in [-0.39, 0.29) is 11.8 Å². The highest BCUT2D eigenvalue weighted by molar-refractivity contribution is 5.94. The minimum Gasteiger partial charge on any atom is -0.399 e. The molecule has 1 amide bonds. The van der Waals surface area contributed by atoms with Crippen molar-refractivity contribution >= 4 is 17.3 Å². The molecule has 3 rings (SSSR count). The van der Waals surface area contributed by atoms with Crippen LogP contribution in [0.5, 0.6) is 0 Å². The predicted octanol–water partition coefficient (Wildman–Crippen LogP) is 2.41. The Morgan fingerprint density at radius 3 is 2.67 bits per heavy atom. The lowest BCUT2D eigenvalue weighted by molar-refractivity contribution is -0.117. The van der Waals surface area contributed by atoms with E-state index in [0.29, 0.717) is 11.4 Å². The number of aromatic nitrogens is 1. The summed E-state index contributed by atoms with van der Waals surface area (Å²) in [5.41, 5.74) is 8.58. The fourth-order valence-corrected chi connectivity index (χ4v) is 1.87. The van der Waals surface area contributed by atoms with Crippen molar-refractivity contribution in [1.29, 1.82) is 0 Å². The van der Waals surface area contributed by atoms with Crippen LogP contribution in [0.2, 0.25) is 0 Å². The molecule has 104 valence electrons. The number of nitrogens with zero attached hydrogens (tertiary/aromatic N) is 1. The molecule has 0 radical (unpaired) electrons. The molecule has 0 saturated heterocycles. The lowest BCUT2D eigenvalue weighted by atomic mass is 10.2. The average molecular weight is 277 g/mol. The number of benzene rings is 1. The van der Waals surface area contributed by atoms with E-state index in [0.717, 1.165) is 24.1 Å². The molecule has 1 aliphatic carbocycles. The topological polar surface area (TPSA) is 68.0 Å². The summed E-state index contributed by atoms with van der Waals surface area (Å²) in [5, 5.41) is 2.89. The van der Waals surface area contributed by atoms with Crippen LogP contribution in [0, 0.1) is 17.8 Å². The van der Waals surface area contributed by atoms with Crippen LogP contribution in [0.1, 0.15) is 24.1 Å². The maximum atomic E-state index is 11.7. The smallest absolute Gasteiger partial charge is 0.227 e. The minimum absolute atomic E-state index is 0.0821. The summed E-state index contributed by atoms with van der Waals surface area (Å²) < 4.78 is 0. The van der Waals surface area contributed by atoms with Crippen molar-refractivity contribution in [2.45, 2.75) is 12.8 Å². The van der Waals surface area contributed by atoms with Gasteiger partial charge in [-0.1, -0.05) is 5.92 Å². The molecule has 3 N–H and O–H groups in total. The normalized spacial score (nSPS) is 13.1. The fraction of sp³-hybridized carbons (Fsp3) is 0.176. The minimum atomic E-state index is 0.0821. The highest BCUT2D eigenvalue weighted by atomic mass is 16.2. The summed E-state index contributed by atoms with van der Waals surface area (Å²) in [7, 11) is 0. The van der Waals surface area contributed by atoms with E-state index in [9.17, 15) is 4.79 Å². The number of carbonyl (C=O) groups excluding carboxylic acids is 1. The number of nitrogens with one attached hydrogen (secondary N) is 1. The Morgan fingerprint density at radius 1 is 1.19 bits per heavy atom. The van der Waals surface area contributed by atoms with Crippen LogP contribution in [-0.2, 0) is 4.79 Å². The van der Waals surface area contributed by atoms with Crippen molar-refractivity contribution in [3.05, 3.63) is 53.9 Å². The maximum Gasteiger partial charge on any atom is 0.227 e. The Bertz CT molecular complexity index is 722. The lowest BCUT2D eigenvalue weighted by Gasteiger charge is -2.03. The summed E-state index contributed by atoms with van der Waals surface area (Å²) in [6.07, 6.45) is 3.62. The highest BCUT2D eigenvalue weighted by Crippen LogP contribution is 2.30. The van der Waals surface area contributed by atoms with Gasteiger partial charge in [-0.05, 0) is 55.2 Å². The molecule has 1 heterocycles. The van der Waals surface area contributed by atoms with Crippen molar-refractivity contribution < 1.29 is 4.79 Å². The van der Waals surface area contributed by atoms with E-state index < -0.39 is 0 Å². The lowest BCUT2D eigenvalue weighted by Crippen LogP contribution is -2.13. The average Bonchev–Trinajstić information content (AvgIpc) is 3.32. The van der Waals surface area contributed by atoms with Crippen LogP contribution in [0.15, 0.2) is 42.6 Å². The van der Waals surface area contributed by atoms with Gasteiger partial charge in [0.25, 0.3) is 0 Å². The second-order valence-corrected chi connectivity index (χ2v) is 5.07. The molecular formula is C17H15N3O. The number of hydrogen-bond acceptors (Lipinski definition) is 3. The van der Waals surface area contributed by atoms with Crippen LogP contribution >= 0.6 is 0 Å². The number of hydrogen-bond donors (Lipinski definition) is 2. The van der Waals surface area contributed by atoms with E-state index >= 15 is 0 Å². The SMILES string of the molecule is Nc1ccc(C#Cc2cc(NC(=O)C3CC3)ccn2)cc1. The Morgan fingerprint density at radius 2 is 1.95 bits per heavy atom. The zero-order chi connectivity index (χ0) is 14.7. The Hall–Kier alpha value is -2.80. The number of rotatable bonds is 2. The van der Waals surface area contributed by atoms with Crippen LogP contribution in [-0.4, -0.2) is 10.9 Å². The summed E-state index contributed by atoms with van der Waals surface area (Å²) in [6, 6.07) is 10.9. The van der Waals surface area contributed by atoms with E-state index in [4.69, 9.17) is 5.73 Å². The molecule has 4 nitrogen and oxygen atoms in total. The molecule has 1 aromatic heterocycles. The molecule has 4 heteroatoms. The van der Waals surface area contributed by atoms with E-state index in [1.165, 1.54) is 0 Å². The third-order valence-corrected chi connectivity index (χ3v) is 3.22. The van der Waals surface area contributed by atoms with Crippen molar-refractivity contribution in [2.75, 3.05) is 11.1 Å². The summed E-state index contributed by atoms with van der Waals surface area (Å²) >= 11 is 0. The monoisotopic (exact) mass is 277 g/mol. The number of nitrogen functional groups attached to an aromatic ring is 1. The first-order valence-electron chi connectivity index (χ1n) is 6.85. The van der Waals surface area contributed by atoms with E-state index in [1.54, 1.807) is 18.3 Å². The predicted molar refractivity (Wildman–Crippen MR) is 82.4 cm³/mol. The van der Waals surface area contributed by atoms with Crippen molar-refractivity contribution in [1.82, 2.24) is 4.98 Å². The standard InChI is InChI=1S/C17H15N3O/c18-14-6-1-12(2-7-14)3-8-15-11-16(9-10-19-15)20-17(21)13-4-5-13/h1-2,6-7,9-11,13H,4-5,18H2,(H,19,20,21). The molecule has 1 aliphatic rings. The van der Waals surface area contributed by atoms with Gasteiger partial charge in [0, 0.05) is 29.1 Å². The van der Waals surface area contributed by atoms with Crippen LogP contribution in [0.4, 0.5) is 11.4 Å². The van der Waals surface area contributed by atoms with Gasteiger partial charge < -0.3 is 11.1 Å². The van der Waals surface area contributed by atoms with Crippen molar-refractivity contribution in [3.63, 3.8) is 0 Å². The number of amides is 1. The zero-order valence-corrected chi connectivity index (χ0v) is 11.5. The van der Waals surface area contributed by atoms with Gasteiger partial charge in [0.15, 0.2) is 0 Å². The molecule has 0 spiro atoms. The molecule has 0 unspecified atom stereocenters. The van der Waals surface area contributed by atoms with Gasteiger partial charge in [-0.2, -0.15) is 0 Å². The second-order valence-electron chi connectivity index (χ2n) is 5.07. The summed E-state index contributed by atoms with van der Waals surface area (Å²) in [4.78, 5) is 15.9. The Balaban J connectivity index is 1.73. The molecule has 21 heavy (non-hydrogen) atoms. The summed E-state index contributed by atoms with van der Waals surface area (Å²) in [5.74, 6) is 6.27. The molecule has 0 bridgehead atoms. The first kappa shape index (κ1) is 13.2. The number of carbonyl (C=O) groups is 1. The van der Waals surface area contributed by atoms with Crippen LogP contribution in [0.25, 0.3) is 0 Å². The largest absolute Gasteiger partial charge is 0.399 e. The van der Waals surface area contributed by atoms with Gasteiger partial charge in [-0.3, -0.25) is 4.79 Å². The molecule has 0 aliphatic heterocycles. The molecule has 1 saturated carbocycles. The first-order chi connectivity index (χ1) is 10.2. The molecule has 1 fully saturated rings. The molecular weight excluding hydrogens is 262 g/mol. The molecule has 1 aromatic carbocycles. The second kappa shape index (κ2) is 5.68. The molecule has 2 aromatic rings. The van der Waals surface area contributed by atoms with Crippen LogP contribution in [0.3, 0.4) is 0 Å². The Kier molecular flexibility index (Phi) is 3.57. The van der Waals surface area contributed by atoms with E-state index in [1.807, 2.05) is 24.3 Å². The van der Waals surface area contributed by atoms with Gasteiger partial charge in [-0.15, -0.1) is 0 Å². The van der Waals surface area contributed by atoms with Gasteiger partial charge in [0.2, 0.25) is 5.91 Å². The highest BCUT2D eigenvalue weighted by Gasteiger charge is 2.29. The third kappa shape index (κ3) is 3.61. The zero-order valence-electron chi connectivity index (χ0n) is 11.5. The first-order valence-corrected chi connectivity index (χ1v) is 6.85. The van der Waals surface area contributed by atoms with E-state index in [2.05, 4.69) is 22.1 Å². The maximum absolute atomic E-state index is 11.7. The van der Waals surface area contributed by atoms with Gasteiger partial charge in [-0.25, -0.2) is 4.98 Å². The number of anilines is 2. The fourth-order valence-electron chi connectivity index (χ4n) is 1.87. The van der Waals surface area contributed by atoms with Gasteiger partial charge in [0.05, 0.1) is 0 Å². The quantitative estimate of drug-likeness (QED) is 0.654.